The van der Waals surface area contributed by atoms with Crippen molar-refractivity contribution in [1.29, 1.82) is 0 Å². The highest BCUT2D eigenvalue weighted by atomic mass is 32.2. The highest BCUT2D eigenvalue weighted by molar-refractivity contribution is 7.90. The van der Waals surface area contributed by atoms with Crippen LogP contribution in [0.1, 0.15) is 11.4 Å². The predicted octanol–water partition coefficient (Wildman–Crippen LogP) is 0.0167. The molecule has 0 amide bonds. The van der Waals surface area contributed by atoms with Crippen molar-refractivity contribution in [2.45, 2.75) is 18.9 Å². The van der Waals surface area contributed by atoms with Gasteiger partial charge in [-0.2, -0.15) is 0 Å². The number of hydrogen-bond donors (Lipinski definition) is 1. The summed E-state index contributed by atoms with van der Waals surface area (Å²) in [6.07, 6.45) is 3.10. The number of hydrogen-bond acceptors (Lipinski definition) is 6. The van der Waals surface area contributed by atoms with Crippen molar-refractivity contribution in [2.75, 3.05) is 12.0 Å². The quantitative estimate of drug-likeness (QED) is 0.780. The first-order valence-corrected chi connectivity index (χ1v) is 7.67. The largest absolute Gasteiger partial charge is 0.321 e. The molecule has 0 aliphatic rings. The van der Waals surface area contributed by atoms with E-state index in [9.17, 15) is 13.2 Å². The number of ketones is 1. The van der Waals surface area contributed by atoms with Gasteiger partial charge in [-0.25, -0.2) is 13.4 Å². The molecule has 0 radical (unpaired) electrons. The van der Waals surface area contributed by atoms with Gasteiger partial charge in [0.05, 0.1) is 23.2 Å². The number of Topliss-reactive ketones (excluding diaryl/α,β-unsaturated/α-hetero) is 1. The van der Waals surface area contributed by atoms with Crippen molar-refractivity contribution >= 4 is 27.0 Å². The second-order valence-electron chi connectivity index (χ2n) is 3.59. The number of thiazole rings is 1. The molecule has 1 heterocycles. The molecule has 0 saturated carbocycles. The van der Waals surface area contributed by atoms with Gasteiger partial charge in [-0.05, 0) is 6.42 Å². The molecule has 5 nitrogen and oxygen atoms in total. The summed E-state index contributed by atoms with van der Waals surface area (Å²) in [4.78, 5) is 15.5. The molecule has 16 heavy (non-hydrogen) atoms. The van der Waals surface area contributed by atoms with Gasteiger partial charge in [-0.3, -0.25) is 4.79 Å². The molecule has 0 fully saturated rings. The Morgan fingerprint density at radius 1 is 1.62 bits per heavy atom. The molecule has 0 bridgehead atoms. The number of rotatable bonds is 6. The van der Waals surface area contributed by atoms with Crippen LogP contribution in [0.15, 0.2) is 11.6 Å². The molecule has 1 rings (SSSR count). The van der Waals surface area contributed by atoms with E-state index in [0.717, 1.165) is 6.26 Å². The van der Waals surface area contributed by atoms with Gasteiger partial charge in [0, 0.05) is 17.8 Å². The van der Waals surface area contributed by atoms with Crippen molar-refractivity contribution in [3.63, 3.8) is 0 Å². The minimum Gasteiger partial charge on any atom is -0.321 e. The van der Waals surface area contributed by atoms with E-state index in [4.69, 9.17) is 5.73 Å². The summed E-state index contributed by atoms with van der Waals surface area (Å²) in [5.74, 6) is -0.226. The summed E-state index contributed by atoms with van der Waals surface area (Å²) in [6, 6.07) is -0.723. The Labute approximate surface area is 98.6 Å². The lowest BCUT2D eigenvalue weighted by Gasteiger charge is -2.08. The van der Waals surface area contributed by atoms with E-state index >= 15 is 0 Å². The van der Waals surface area contributed by atoms with Crippen LogP contribution in [0.5, 0.6) is 0 Å². The van der Waals surface area contributed by atoms with Crippen molar-refractivity contribution in [2.24, 2.45) is 5.73 Å². The molecule has 90 valence electrons. The van der Waals surface area contributed by atoms with Crippen LogP contribution in [0, 0.1) is 0 Å². The van der Waals surface area contributed by atoms with Gasteiger partial charge in [0.15, 0.2) is 5.78 Å². The summed E-state index contributed by atoms with van der Waals surface area (Å²) in [7, 11) is -3.06. The lowest BCUT2D eigenvalue weighted by Crippen LogP contribution is -2.33. The molecule has 0 saturated heterocycles. The van der Waals surface area contributed by atoms with Crippen LogP contribution in [-0.4, -0.2) is 37.2 Å². The topological polar surface area (TPSA) is 90.1 Å². The number of aromatic nitrogens is 1. The maximum Gasteiger partial charge on any atom is 0.156 e. The lowest BCUT2D eigenvalue weighted by molar-refractivity contribution is -0.119. The third-order valence-corrected chi connectivity index (χ3v) is 3.78. The third kappa shape index (κ3) is 4.82. The molecular formula is C9H14N2O3S2. The number of carbonyl (C=O) groups excluding carboxylic acids is 1. The molecule has 1 unspecified atom stereocenters. The van der Waals surface area contributed by atoms with Crippen molar-refractivity contribution in [1.82, 2.24) is 4.98 Å². The Balaban J connectivity index is 2.42. The summed E-state index contributed by atoms with van der Waals surface area (Å²) < 4.78 is 21.8. The van der Waals surface area contributed by atoms with Crippen molar-refractivity contribution in [3.05, 3.63) is 16.6 Å². The van der Waals surface area contributed by atoms with Crippen LogP contribution in [-0.2, 0) is 21.1 Å². The number of nitrogens with zero attached hydrogens (tertiary/aromatic N) is 1. The van der Waals surface area contributed by atoms with Crippen LogP contribution in [0.2, 0.25) is 0 Å². The minimum absolute atomic E-state index is 0.0578. The van der Waals surface area contributed by atoms with E-state index in [1.54, 1.807) is 11.6 Å². The standard InChI is InChI=1S/C9H14N2O3S2/c1-16(13,14)5-2-7(10)8(12)6-9-11-3-4-15-9/h3-4,7H,2,5-6,10H2,1H3. The van der Waals surface area contributed by atoms with Crippen LogP contribution < -0.4 is 5.73 Å². The molecule has 2 N–H and O–H groups in total. The predicted molar refractivity (Wildman–Crippen MR) is 63.1 cm³/mol. The monoisotopic (exact) mass is 262 g/mol. The Morgan fingerprint density at radius 3 is 2.81 bits per heavy atom. The highest BCUT2D eigenvalue weighted by Crippen LogP contribution is 2.07. The smallest absolute Gasteiger partial charge is 0.156 e. The van der Waals surface area contributed by atoms with E-state index in [-0.39, 0.29) is 24.4 Å². The maximum absolute atomic E-state index is 11.6. The lowest BCUT2D eigenvalue weighted by atomic mass is 10.1. The van der Waals surface area contributed by atoms with E-state index < -0.39 is 15.9 Å². The average molecular weight is 262 g/mol. The zero-order chi connectivity index (χ0) is 12.2. The minimum atomic E-state index is -3.06. The normalized spacial score (nSPS) is 13.6. The third-order valence-electron chi connectivity index (χ3n) is 2.02. The maximum atomic E-state index is 11.6. The molecule has 1 aromatic heterocycles. The summed E-state index contributed by atoms with van der Waals surface area (Å²) in [6.45, 7) is 0. The average Bonchev–Trinajstić information content (AvgIpc) is 2.65. The van der Waals surface area contributed by atoms with Crippen molar-refractivity contribution < 1.29 is 13.2 Å². The van der Waals surface area contributed by atoms with Gasteiger partial charge in [-0.15, -0.1) is 11.3 Å². The van der Waals surface area contributed by atoms with Crippen LogP contribution in [0.25, 0.3) is 0 Å². The Morgan fingerprint density at radius 2 is 2.31 bits per heavy atom. The molecule has 7 heteroatoms. The molecule has 0 spiro atoms. The highest BCUT2D eigenvalue weighted by Gasteiger charge is 2.17. The Bertz CT molecular complexity index is 439. The number of nitrogens with two attached hydrogens (primary N) is 1. The fourth-order valence-corrected chi connectivity index (χ4v) is 2.43. The van der Waals surface area contributed by atoms with Gasteiger partial charge in [0.25, 0.3) is 0 Å². The molecule has 1 atom stereocenters. The fourth-order valence-electron chi connectivity index (χ4n) is 1.12. The number of sulfone groups is 1. The Kier molecular flexibility index (Phi) is 4.57. The van der Waals surface area contributed by atoms with Gasteiger partial charge in [0.1, 0.15) is 9.84 Å². The summed E-state index contributed by atoms with van der Waals surface area (Å²) in [5.41, 5.74) is 5.60. The first-order chi connectivity index (χ1) is 7.38. The summed E-state index contributed by atoms with van der Waals surface area (Å²) >= 11 is 1.39. The van der Waals surface area contributed by atoms with Gasteiger partial charge in [0.2, 0.25) is 0 Å². The van der Waals surface area contributed by atoms with Gasteiger partial charge in [-0.1, -0.05) is 0 Å². The molecule has 1 aromatic rings. The fraction of sp³-hybridized carbons (Fsp3) is 0.556. The molecular weight excluding hydrogens is 248 g/mol. The van der Waals surface area contributed by atoms with E-state index in [0.29, 0.717) is 5.01 Å². The van der Waals surface area contributed by atoms with E-state index in [1.165, 1.54) is 11.3 Å². The first-order valence-electron chi connectivity index (χ1n) is 4.73. The second-order valence-corrected chi connectivity index (χ2v) is 6.83. The summed E-state index contributed by atoms with van der Waals surface area (Å²) in [5, 5.41) is 2.49. The van der Waals surface area contributed by atoms with Crippen molar-refractivity contribution in [3.8, 4) is 0 Å². The zero-order valence-corrected chi connectivity index (χ0v) is 10.6. The second kappa shape index (κ2) is 5.51. The van der Waals surface area contributed by atoms with Gasteiger partial charge < -0.3 is 5.73 Å². The first kappa shape index (κ1) is 13.3. The number of carbonyl (C=O) groups is 1. The van der Waals surface area contributed by atoms with Crippen LogP contribution in [0.3, 0.4) is 0 Å². The van der Waals surface area contributed by atoms with Gasteiger partial charge >= 0.3 is 0 Å². The van der Waals surface area contributed by atoms with E-state index in [2.05, 4.69) is 4.98 Å². The van der Waals surface area contributed by atoms with Crippen LogP contribution >= 0.6 is 11.3 Å². The van der Waals surface area contributed by atoms with Crippen LogP contribution in [0.4, 0.5) is 0 Å². The zero-order valence-electron chi connectivity index (χ0n) is 8.92. The molecule has 0 aliphatic heterocycles. The van der Waals surface area contributed by atoms with E-state index in [1.807, 2.05) is 0 Å². The Hall–Kier alpha value is -0.790. The molecule has 0 aromatic carbocycles. The SMILES string of the molecule is CS(=O)(=O)CCC(N)C(=O)Cc1nccs1. The molecule has 0 aliphatic carbocycles.